The van der Waals surface area contributed by atoms with E-state index in [0.717, 1.165) is 16.9 Å². The summed E-state index contributed by atoms with van der Waals surface area (Å²) in [5.41, 5.74) is 15.3. The van der Waals surface area contributed by atoms with Gasteiger partial charge in [-0.05, 0) is 6.92 Å². The number of nitrogens with zero attached hydrogens (tertiary/aromatic N) is 7. The lowest BCUT2D eigenvalue weighted by Gasteiger charge is -2.20. The monoisotopic (exact) mass is 789 g/mol. The van der Waals surface area contributed by atoms with Crippen LogP contribution in [0.3, 0.4) is 0 Å². The van der Waals surface area contributed by atoms with E-state index in [9.17, 15) is 38.6 Å². The lowest BCUT2D eigenvalue weighted by atomic mass is 10.1. The van der Waals surface area contributed by atoms with Crippen molar-refractivity contribution < 1.29 is 78.0 Å². The van der Waals surface area contributed by atoms with Crippen molar-refractivity contribution in [2.24, 2.45) is 0 Å². The summed E-state index contributed by atoms with van der Waals surface area (Å²) in [6.45, 7) is 2.46. The van der Waals surface area contributed by atoms with Gasteiger partial charge >= 0.3 is 23.5 Å². The molecule has 0 saturated carbocycles. The number of nitrogen functional groups attached to an aromatic ring is 2. The maximum absolute atomic E-state index is 12.4. The van der Waals surface area contributed by atoms with Crippen molar-refractivity contribution in [3.05, 3.63) is 46.3 Å². The number of hydrogen-bond acceptors (Lipinski definition) is 18. The molecule has 4 aromatic rings. The first-order valence-electron chi connectivity index (χ1n) is 13.6. The Hall–Kier alpha value is -2.56. The second kappa shape index (κ2) is 15.4. The van der Waals surface area contributed by atoms with Crippen molar-refractivity contribution in [3.63, 3.8) is 0 Å². The minimum absolute atomic E-state index is 0. The number of rotatable bonds is 14. The largest absolute Gasteiger partial charge is 1.00 e. The highest BCUT2D eigenvalue weighted by Crippen LogP contribution is 2.67. The maximum atomic E-state index is 12.4. The zero-order valence-corrected chi connectivity index (χ0v) is 29.6. The molecule has 4 aromatic heterocycles. The van der Waals surface area contributed by atoms with E-state index in [0.29, 0.717) is 23.8 Å². The van der Waals surface area contributed by atoms with E-state index in [2.05, 4.69) is 38.1 Å². The first-order chi connectivity index (χ1) is 22.5. The molecular formula is C22H31ClN9O13P3S. The Morgan fingerprint density at radius 2 is 1.67 bits per heavy atom. The summed E-state index contributed by atoms with van der Waals surface area (Å²) >= 11 is 1.31. The summed E-state index contributed by atoms with van der Waals surface area (Å²) in [5.74, 6) is 0.901. The van der Waals surface area contributed by atoms with Crippen molar-refractivity contribution in [2.75, 3.05) is 24.7 Å². The van der Waals surface area contributed by atoms with Gasteiger partial charge in [0.05, 0.1) is 30.0 Å². The summed E-state index contributed by atoms with van der Waals surface area (Å²) in [6.07, 6.45) is -2.03. The van der Waals surface area contributed by atoms with E-state index in [1.54, 1.807) is 25.6 Å². The van der Waals surface area contributed by atoms with Crippen LogP contribution < -0.4 is 28.4 Å². The molecule has 5 heterocycles. The molecule has 0 aromatic carbocycles. The molecule has 1 aliphatic rings. The first-order valence-corrected chi connectivity index (χ1v) is 19.0. The number of thiazole rings is 1. The molecule has 9 N–H and O–H groups in total. The van der Waals surface area contributed by atoms with Crippen LogP contribution in [-0.2, 0) is 49.1 Å². The Labute approximate surface area is 286 Å². The molecule has 0 amide bonds. The highest BCUT2D eigenvalue weighted by molar-refractivity contribution is 7.66. The van der Waals surface area contributed by atoms with Crippen LogP contribution in [0.25, 0.3) is 11.2 Å². The van der Waals surface area contributed by atoms with Crippen LogP contribution >= 0.6 is 34.8 Å². The predicted octanol–water partition coefficient (Wildman–Crippen LogP) is -2.97. The van der Waals surface area contributed by atoms with Crippen molar-refractivity contribution in [1.82, 2.24) is 29.5 Å². The maximum Gasteiger partial charge on any atom is 0.490 e. The van der Waals surface area contributed by atoms with E-state index in [4.69, 9.17) is 20.7 Å². The van der Waals surface area contributed by atoms with Gasteiger partial charge < -0.3 is 53.5 Å². The lowest BCUT2D eigenvalue weighted by Crippen LogP contribution is -3.00. The van der Waals surface area contributed by atoms with Crippen LogP contribution in [0.5, 0.6) is 0 Å². The third-order valence-electron chi connectivity index (χ3n) is 6.91. The van der Waals surface area contributed by atoms with Gasteiger partial charge in [0.15, 0.2) is 29.9 Å². The number of aliphatic hydroxyl groups is 2. The van der Waals surface area contributed by atoms with Gasteiger partial charge in [0.25, 0.3) is 0 Å². The number of aliphatic hydroxyl groups excluding tert-OH is 2. The molecule has 0 aliphatic carbocycles. The van der Waals surface area contributed by atoms with Crippen molar-refractivity contribution in [2.45, 2.75) is 51.4 Å². The van der Waals surface area contributed by atoms with Crippen LogP contribution in [0.15, 0.2) is 24.4 Å². The molecule has 3 unspecified atom stereocenters. The van der Waals surface area contributed by atoms with Gasteiger partial charge in [0, 0.05) is 19.5 Å². The van der Waals surface area contributed by atoms with E-state index < -0.39 is 61.2 Å². The van der Waals surface area contributed by atoms with E-state index in [-0.39, 0.29) is 35.8 Å². The second-order valence-electron chi connectivity index (χ2n) is 10.3. The first kappa shape index (κ1) is 39.2. The van der Waals surface area contributed by atoms with Crippen LogP contribution in [0.1, 0.15) is 28.2 Å². The van der Waals surface area contributed by atoms with Crippen molar-refractivity contribution in [3.8, 4) is 0 Å². The molecule has 1 aliphatic heterocycles. The molecule has 0 bridgehead atoms. The van der Waals surface area contributed by atoms with Gasteiger partial charge in [-0.25, -0.2) is 38.6 Å². The average molecular weight is 790 g/mol. The molecule has 1 fully saturated rings. The quantitative estimate of drug-likeness (QED) is 0.0495. The third kappa shape index (κ3) is 9.41. The number of nitrogens with two attached hydrogens (primary N) is 2. The Morgan fingerprint density at radius 1 is 0.980 bits per heavy atom. The minimum atomic E-state index is -5.77. The standard InChI is InChI=1S/C22H30N9O13P3S.ClH/c1-11-15(48-10-30(11)6-13-5-25-12(2)29-19(13)23)3-4-40-45(34,35)43-47(38,39)44-46(36,37)41-7-14-17(32)18(33)22(42-14)31-9-28-16-20(24)26-8-27-21(16)31;/h5,8-10,14,17-18,22,32-33H,3-4,6-7H2,1-2H3,(H6-,23,24,25,26,27,29,34,35,36,37,38,39);1H/t14-,17-,18-,22-;/m1./s1. The molecule has 27 heteroatoms. The Kier molecular flexibility index (Phi) is 12.3. The Balaban J connectivity index is 0.00000541. The summed E-state index contributed by atoms with van der Waals surface area (Å²) < 4.78 is 63.4. The lowest BCUT2D eigenvalue weighted by molar-refractivity contribution is -0.689. The zero-order valence-electron chi connectivity index (χ0n) is 25.4. The van der Waals surface area contributed by atoms with Gasteiger partial charge in [-0.15, -0.1) is 0 Å². The number of phosphoric ester groups is 2. The minimum Gasteiger partial charge on any atom is -1.00 e. The molecule has 22 nitrogen and oxygen atoms in total. The topological polar surface area (TPSA) is 324 Å². The molecule has 0 spiro atoms. The van der Waals surface area contributed by atoms with Crippen LogP contribution in [0, 0.1) is 13.8 Å². The van der Waals surface area contributed by atoms with Crippen LogP contribution in [0.2, 0.25) is 0 Å². The van der Waals surface area contributed by atoms with Gasteiger partial charge in [0.2, 0.25) is 5.51 Å². The van der Waals surface area contributed by atoms with Crippen molar-refractivity contribution in [1.29, 1.82) is 0 Å². The van der Waals surface area contributed by atoms with Crippen molar-refractivity contribution >= 4 is 57.6 Å². The smallest absolute Gasteiger partial charge is 0.490 e. The van der Waals surface area contributed by atoms with Gasteiger partial charge in [-0.1, -0.05) is 11.3 Å². The van der Waals surface area contributed by atoms with E-state index in [1.807, 2.05) is 4.57 Å². The number of phosphoric acid groups is 3. The van der Waals surface area contributed by atoms with Gasteiger partial charge in [0.1, 0.15) is 41.8 Å². The highest BCUT2D eigenvalue weighted by atomic mass is 35.5. The van der Waals surface area contributed by atoms with Crippen LogP contribution in [0.4, 0.5) is 11.6 Å². The van der Waals surface area contributed by atoms with E-state index in [1.165, 1.54) is 22.2 Å². The molecule has 5 rings (SSSR count). The summed E-state index contributed by atoms with van der Waals surface area (Å²) in [7, 11) is -16.6. The highest BCUT2D eigenvalue weighted by Gasteiger charge is 2.47. The second-order valence-corrected chi connectivity index (χ2v) is 15.8. The fourth-order valence-electron chi connectivity index (χ4n) is 4.56. The van der Waals surface area contributed by atoms with Gasteiger partial charge in [-0.3, -0.25) is 13.6 Å². The molecule has 270 valence electrons. The normalized spacial score (nSPS) is 23.1. The predicted molar refractivity (Wildman–Crippen MR) is 162 cm³/mol. The Bertz CT molecular complexity index is 1950. The fraction of sp³-hybridized carbons (Fsp3) is 0.455. The number of anilines is 2. The number of fused-ring (bicyclic) bond motifs is 1. The summed E-state index contributed by atoms with van der Waals surface area (Å²) in [4.78, 5) is 50.7. The zero-order chi connectivity index (χ0) is 35.0. The summed E-state index contributed by atoms with van der Waals surface area (Å²) in [6, 6.07) is 0. The third-order valence-corrected chi connectivity index (χ3v) is 12.3. The molecule has 7 atom stereocenters. The average Bonchev–Trinajstić information content (AvgIpc) is 3.64. The molecule has 49 heavy (non-hydrogen) atoms. The number of imidazole rings is 1. The Morgan fingerprint density at radius 3 is 2.37 bits per heavy atom. The molecular weight excluding hydrogens is 759 g/mol. The fourth-order valence-corrected chi connectivity index (χ4v) is 9.05. The van der Waals surface area contributed by atoms with Gasteiger partial charge in [-0.2, -0.15) is 13.2 Å². The molecule has 0 radical (unpaired) electrons. The SMILES string of the molecule is Cc1ncc(C[n+]2csc(CCOP(=O)(O)OP(=O)(O)OP(=O)(O)OC[C@H]3O[C@@H](n4cnc5c(N)ncnc54)[C@H](O)[C@@H]3O)c2C)c(N)n1.[Cl-]. The number of aromatic nitrogens is 7. The van der Waals surface area contributed by atoms with E-state index >= 15 is 0 Å². The number of hydrogen-bond donors (Lipinski definition) is 7. The number of aryl methyl sites for hydroxylation is 1. The number of halogens is 1. The summed E-state index contributed by atoms with van der Waals surface area (Å²) in [5, 5.41) is 20.9. The number of ether oxygens (including phenoxy) is 1. The van der Waals surface area contributed by atoms with Crippen LogP contribution in [-0.4, -0.2) is 85.9 Å². The molecule has 1 saturated heterocycles.